The van der Waals surface area contributed by atoms with Crippen LogP contribution in [0.4, 0.5) is 5.69 Å². The number of pyridine rings is 2. The molecule has 0 aliphatic carbocycles. The summed E-state index contributed by atoms with van der Waals surface area (Å²) in [4.78, 5) is 14.4. The van der Waals surface area contributed by atoms with E-state index in [1.807, 2.05) is 41.7 Å². The third-order valence-corrected chi connectivity index (χ3v) is 5.63. The van der Waals surface area contributed by atoms with Crippen LogP contribution in [0.3, 0.4) is 0 Å². The topological polar surface area (TPSA) is 60.5 Å². The number of hydrogen-bond donors (Lipinski definition) is 0. The highest BCUT2D eigenvalue weighted by Gasteiger charge is 2.20. The summed E-state index contributed by atoms with van der Waals surface area (Å²) in [5.74, 6) is 0. The van der Waals surface area contributed by atoms with Gasteiger partial charge in [-0.25, -0.2) is 9.97 Å². The number of aryl methyl sites for hydroxylation is 1. The van der Waals surface area contributed by atoms with E-state index in [0.717, 1.165) is 66.0 Å². The lowest BCUT2D eigenvalue weighted by molar-refractivity contribution is 0.360. The molecule has 0 amide bonds. The summed E-state index contributed by atoms with van der Waals surface area (Å²) in [7, 11) is 2.17. The van der Waals surface area contributed by atoms with Crippen LogP contribution in [0.15, 0.2) is 36.4 Å². The maximum absolute atomic E-state index is 9.81. The Hall–Kier alpha value is -3.17. The SMILES string of the molecule is Cc1cc(N2CCCN(C)CC2)c2cc(C#N)c3nc4ccccc4n3c2n1. The predicted molar refractivity (Wildman–Crippen MR) is 112 cm³/mol. The molecule has 140 valence electrons. The minimum atomic E-state index is 0.586. The van der Waals surface area contributed by atoms with Gasteiger partial charge in [0.05, 0.1) is 16.6 Å². The molecule has 4 aromatic rings. The van der Waals surface area contributed by atoms with Crippen LogP contribution in [0, 0.1) is 18.3 Å². The lowest BCUT2D eigenvalue weighted by Crippen LogP contribution is -2.29. The number of likely N-dealkylation sites (N-methyl/N-ethyl adjacent to an activating group) is 1. The van der Waals surface area contributed by atoms with E-state index in [0.29, 0.717) is 11.2 Å². The van der Waals surface area contributed by atoms with Crippen LogP contribution < -0.4 is 4.90 Å². The zero-order valence-corrected chi connectivity index (χ0v) is 16.2. The van der Waals surface area contributed by atoms with Crippen LogP contribution in [0.25, 0.3) is 27.7 Å². The average Bonchev–Trinajstić information content (AvgIpc) is 2.96. The number of nitriles is 1. The smallest absolute Gasteiger partial charge is 0.157 e. The molecule has 1 aromatic carbocycles. The summed E-state index contributed by atoms with van der Waals surface area (Å²) in [5.41, 5.74) is 6.14. The first-order valence-corrected chi connectivity index (χ1v) is 9.71. The van der Waals surface area contributed by atoms with E-state index >= 15 is 0 Å². The predicted octanol–water partition coefficient (Wildman–Crippen LogP) is 3.36. The van der Waals surface area contributed by atoms with Crippen molar-refractivity contribution in [3.63, 3.8) is 0 Å². The zero-order valence-electron chi connectivity index (χ0n) is 16.2. The Morgan fingerprint density at radius 1 is 1.00 bits per heavy atom. The van der Waals surface area contributed by atoms with Crippen LogP contribution in [-0.2, 0) is 0 Å². The van der Waals surface area contributed by atoms with Crippen molar-refractivity contribution in [2.45, 2.75) is 13.3 Å². The van der Waals surface area contributed by atoms with Gasteiger partial charge in [0.2, 0.25) is 0 Å². The van der Waals surface area contributed by atoms with Crippen LogP contribution >= 0.6 is 0 Å². The molecular formula is C22H22N6. The summed E-state index contributed by atoms with van der Waals surface area (Å²) in [6.07, 6.45) is 1.13. The van der Waals surface area contributed by atoms with Crippen molar-refractivity contribution in [2.75, 3.05) is 38.1 Å². The molecule has 0 N–H and O–H groups in total. The van der Waals surface area contributed by atoms with E-state index in [1.54, 1.807) is 0 Å². The van der Waals surface area contributed by atoms with Gasteiger partial charge in [-0.05, 0) is 51.2 Å². The maximum atomic E-state index is 9.81. The fraction of sp³-hybridized carbons (Fsp3) is 0.318. The standard InChI is InChI=1S/C22H22N6/c1-15-12-20(27-9-5-8-26(2)10-11-27)17-13-16(14-23)21-25-18-6-3-4-7-19(18)28(21)22(17)24-15/h3-4,6-7,12-13H,5,8-11H2,1-2H3. The highest BCUT2D eigenvalue weighted by molar-refractivity contribution is 5.97. The number of para-hydroxylation sites is 2. The van der Waals surface area contributed by atoms with E-state index in [9.17, 15) is 5.26 Å². The molecule has 0 bridgehead atoms. The first-order valence-electron chi connectivity index (χ1n) is 9.71. The zero-order chi connectivity index (χ0) is 19.3. The number of hydrogen-bond acceptors (Lipinski definition) is 5. The Morgan fingerprint density at radius 2 is 1.86 bits per heavy atom. The van der Waals surface area contributed by atoms with Gasteiger partial charge in [-0.15, -0.1) is 0 Å². The van der Waals surface area contributed by atoms with E-state index in [4.69, 9.17) is 9.97 Å². The molecule has 0 saturated carbocycles. The minimum Gasteiger partial charge on any atom is -0.370 e. The van der Waals surface area contributed by atoms with E-state index in [2.05, 4.69) is 29.0 Å². The van der Waals surface area contributed by atoms with Gasteiger partial charge in [-0.2, -0.15) is 5.26 Å². The molecule has 1 fully saturated rings. The Labute approximate surface area is 163 Å². The third-order valence-electron chi connectivity index (χ3n) is 5.63. The second-order valence-electron chi connectivity index (χ2n) is 7.59. The summed E-state index contributed by atoms with van der Waals surface area (Å²) < 4.78 is 2.05. The van der Waals surface area contributed by atoms with Crippen molar-refractivity contribution in [1.29, 1.82) is 5.26 Å². The van der Waals surface area contributed by atoms with Gasteiger partial charge in [-0.1, -0.05) is 12.1 Å². The Bertz CT molecular complexity index is 1250. The fourth-order valence-corrected chi connectivity index (χ4v) is 4.22. The van der Waals surface area contributed by atoms with Crippen molar-refractivity contribution in [2.24, 2.45) is 0 Å². The fourth-order valence-electron chi connectivity index (χ4n) is 4.22. The van der Waals surface area contributed by atoms with Crippen molar-refractivity contribution in [1.82, 2.24) is 19.3 Å². The Kier molecular flexibility index (Phi) is 3.92. The van der Waals surface area contributed by atoms with Gasteiger partial charge in [0, 0.05) is 36.4 Å². The highest BCUT2D eigenvalue weighted by Crippen LogP contribution is 2.32. The van der Waals surface area contributed by atoms with E-state index < -0.39 is 0 Å². The number of fused-ring (bicyclic) bond motifs is 5. The van der Waals surface area contributed by atoms with Gasteiger partial charge in [-0.3, -0.25) is 4.40 Å². The van der Waals surface area contributed by atoms with Gasteiger partial charge >= 0.3 is 0 Å². The second-order valence-corrected chi connectivity index (χ2v) is 7.59. The Balaban J connectivity index is 1.86. The molecule has 1 aliphatic heterocycles. The number of imidazole rings is 1. The monoisotopic (exact) mass is 370 g/mol. The number of anilines is 1. The summed E-state index contributed by atoms with van der Waals surface area (Å²) in [6.45, 7) is 6.16. The lowest BCUT2D eigenvalue weighted by Gasteiger charge is -2.25. The number of rotatable bonds is 1. The maximum Gasteiger partial charge on any atom is 0.157 e. The molecule has 1 aliphatic rings. The molecule has 28 heavy (non-hydrogen) atoms. The first-order chi connectivity index (χ1) is 13.7. The summed E-state index contributed by atoms with van der Waals surface area (Å²) in [6, 6.07) is 14.5. The van der Waals surface area contributed by atoms with E-state index in [1.165, 1.54) is 0 Å². The van der Waals surface area contributed by atoms with Crippen LogP contribution in [0.2, 0.25) is 0 Å². The van der Waals surface area contributed by atoms with Crippen LogP contribution in [0.5, 0.6) is 0 Å². The molecular weight excluding hydrogens is 348 g/mol. The second kappa shape index (κ2) is 6.47. The van der Waals surface area contributed by atoms with Crippen LogP contribution in [-0.4, -0.2) is 52.5 Å². The number of nitrogens with zero attached hydrogens (tertiary/aromatic N) is 6. The van der Waals surface area contributed by atoms with Gasteiger partial charge in [0.15, 0.2) is 5.65 Å². The third kappa shape index (κ3) is 2.59. The van der Waals surface area contributed by atoms with E-state index in [-0.39, 0.29) is 0 Å². The molecule has 0 atom stereocenters. The molecule has 1 saturated heterocycles. The molecule has 5 rings (SSSR count). The largest absolute Gasteiger partial charge is 0.370 e. The molecule has 6 nitrogen and oxygen atoms in total. The number of aromatic nitrogens is 3. The highest BCUT2D eigenvalue weighted by atomic mass is 15.2. The van der Waals surface area contributed by atoms with Gasteiger partial charge < -0.3 is 9.80 Å². The van der Waals surface area contributed by atoms with Gasteiger partial charge in [0.1, 0.15) is 11.7 Å². The minimum absolute atomic E-state index is 0.586. The van der Waals surface area contributed by atoms with Crippen molar-refractivity contribution in [3.8, 4) is 6.07 Å². The van der Waals surface area contributed by atoms with Gasteiger partial charge in [0.25, 0.3) is 0 Å². The Morgan fingerprint density at radius 3 is 2.71 bits per heavy atom. The van der Waals surface area contributed by atoms with Crippen molar-refractivity contribution in [3.05, 3.63) is 47.7 Å². The molecule has 0 unspecified atom stereocenters. The summed E-state index contributed by atoms with van der Waals surface area (Å²) >= 11 is 0. The first kappa shape index (κ1) is 17.0. The lowest BCUT2D eigenvalue weighted by atomic mass is 10.1. The average molecular weight is 370 g/mol. The van der Waals surface area contributed by atoms with Crippen molar-refractivity contribution >= 4 is 33.4 Å². The normalized spacial score (nSPS) is 16.0. The van der Waals surface area contributed by atoms with Crippen molar-refractivity contribution < 1.29 is 0 Å². The number of benzene rings is 1. The molecule has 0 spiro atoms. The van der Waals surface area contributed by atoms with Crippen LogP contribution in [0.1, 0.15) is 17.7 Å². The molecule has 3 aromatic heterocycles. The molecule has 4 heterocycles. The molecule has 0 radical (unpaired) electrons. The molecule has 6 heteroatoms. The quantitative estimate of drug-likeness (QED) is 0.514. The summed E-state index contributed by atoms with van der Waals surface area (Å²) in [5, 5.41) is 10.8.